The fourth-order valence-electron chi connectivity index (χ4n) is 2.52. The van der Waals surface area contributed by atoms with Gasteiger partial charge in [0.25, 0.3) is 0 Å². The highest BCUT2D eigenvalue weighted by molar-refractivity contribution is 5.87. The highest BCUT2D eigenvalue weighted by atomic mass is 16.2. The lowest BCUT2D eigenvalue weighted by Gasteiger charge is -2.36. The van der Waals surface area contributed by atoms with E-state index in [1.54, 1.807) is 18.9 Å². The Labute approximate surface area is 97.4 Å². The van der Waals surface area contributed by atoms with Crippen molar-refractivity contribution in [1.29, 1.82) is 0 Å². The van der Waals surface area contributed by atoms with Gasteiger partial charge in [0.05, 0.1) is 0 Å². The maximum absolute atomic E-state index is 11.7. The standard InChI is InChI=1S/C12H22N2O2/c1-8(15)14-9(11(16)13-5)6-7-10(14)12(2,3)4/h9-10H,6-7H2,1-5H3,(H,13,16)/t9-,10-/m0/s1. The first-order valence-electron chi connectivity index (χ1n) is 5.79. The van der Waals surface area contributed by atoms with E-state index in [0.29, 0.717) is 0 Å². The van der Waals surface area contributed by atoms with Gasteiger partial charge in [-0.05, 0) is 18.3 Å². The van der Waals surface area contributed by atoms with Gasteiger partial charge in [0.2, 0.25) is 11.8 Å². The van der Waals surface area contributed by atoms with Crippen molar-refractivity contribution >= 4 is 11.8 Å². The third-order valence-corrected chi connectivity index (χ3v) is 3.30. The van der Waals surface area contributed by atoms with Gasteiger partial charge in [-0.2, -0.15) is 0 Å². The summed E-state index contributed by atoms with van der Waals surface area (Å²) in [5.74, 6) is -0.0621. The summed E-state index contributed by atoms with van der Waals surface area (Å²) in [7, 11) is 1.62. The van der Waals surface area contributed by atoms with Gasteiger partial charge in [-0.3, -0.25) is 9.59 Å². The van der Waals surface area contributed by atoms with E-state index in [4.69, 9.17) is 0 Å². The highest BCUT2D eigenvalue weighted by Crippen LogP contribution is 2.36. The van der Waals surface area contributed by atoms with E-state index in [-0.39, 0.29) is 29.3 Å². The molecule has 0 spiro atoms. The molecule has 2 atom stereocenters. The van der Waals surface area contributed by atoms with E-state index < -0.39 is 0 Å². The molecule has 1 heterocycles. The number of nitrogens with one attached hydrogen (secondary N) is 1. The number of likely N-dealkylation sites (N-methyl/N-ethyl adjacent to an activating group) is 1. The van der Waals surface area contributed by atoms with E-state index in [1.165, 1.54) is 0 Å². The van der Waals surface area contributed by atoms with Crippen LogP contribution in [0.25, 0.3) is 0 Å². The number of nitrogens with zero attached hydrogens (tertiary/aromatic N) is 1. The van der Waals surface area contributed by atoms with Crippen LogP contribution in [0.2, 0.25) is 0 Å². The van der Waals surface area contributed by atoms with E-state index in [1.807, 2.05) is 0 Å². The molecular weight excluding hydrogens is 204 g/mol. The average molecular weight is 226 g/mol. The van der Waals surface area contributed by atoms with Gasteiger partial charge in [0, 0.05) is 20.0 Å². The summed E-state index contributed by atoms with van der Waals surface area (Å²) in [5, 5.41) is 2.63. The minimum atomic E-state index is -0.285. The molecule has 2 amide bonds. The quantitative estimate of drug-likeness (QED) is 0.729. The maximum atomic E-state index is 11.7. The highest BCUT2D eigenvalue weighted by Gasteiger charge is 2.43. The minimum Gasteiger partial charge on any atom is -0.357 e. The Hall–Kier alpha value is -1.06. The molecule has 1 fully saturated rings. The molecule has 92 valence electrons. The van der Waals surface area contributed by atoms with Crippen molar-refractivity contribution in [2.24, 2.45) is 5.41 Å². The monoisotopic (exact) mass is 226 g/mol. The fraction of sp³-hybridized carbons (Fsp3) is 0.833. The second-order valence-corrected chi connectivity index (χ2v) is 5.52. The van der Waals surface area contributed by atoms with Gasteiger partial charge in [0.1, 0.15) is 6.04 Å². The van der Waals surface area contributed by atoms with Crippen LogP contribution < -0.4 is 5.32 Å². The Balaban J connectivity index is 2.94. The molecule has 0 aliphatic carbocycles. The summed E-state index contributed by atoms with van der Waals surface area (Å²) >= 11 is 0. The van der Waals surface area contributed by atoms with Crippen molar-refractivity contribution in [2.75, 3.05) is 7.05 Å². The van der Waals surface area contributed by atoms with Crippen LogP contribution in [0.15, 0.2) is 0 Å². The third-order valence-electron chi connectivity index (χ3n) is 3.30. The molecule has 0 aromatic heterocycles. The minimum absolute atomic E-state index is 0.00831. The van der Waals surface area contributed by atoms with Crippen molar-refractivity contribution in [2.45, 2.75) is 52.6 Å². The number of rotatable bonds is 1. The van der Waals surface area contributed by atoms with Crippen LogP contribution in [0.3, 0.4) is 0 Å². The van der Waals surface area contributed by atoms with Crippen molar-refractivity contribution < 1.29 is 9.59 Å². The van der Waals surface area contributed by atoms with Gasteiger partial charge in [-0.1, -0.05) is 20.8 Å². The Bertz CT molecular complexity index is 294. The molecule has 4 nitrogen and oxygen atoms in total. The van der Waals surface area contributed by atoms with Crippen LogP contribution in [0.1, 0.15) is 40.5 Å². The summed E-state index contributed by atoms with van der Waals surface area (Å²) in [6.45, 7) is 7.87. The number of carbonyl (C=O) groups is 2. The zero-order valence-electron chi connectivity index (χ0n) is 10.8. The summed E-state index contributed by atoms with van der Waals surface area (Å²) in [6, 6.07) is -0.126. The average Bonchev–Trinajstić information content (AvgIpc) is 2.59. The third kappa shape index (κ3) is 2.36. The molecule has 0 radical (unpaired) electrons. The van der Waals surface area contributed by atoms with Gasteiger partial charge in [0.15, 0.2) is 0 Å². The fourth-order valence-corrected chi connectivity index (χ4v) is 2.52. The van der Waals surface area contributed by atoms with Crippen molar-refractivity contribution in [1.82, 2.24) is 10.2 Å². The number of hydrogen-bond acceptors (Lipinski definition) is 2. The Morgan fingerprint density at radius 2 is 1.81 bits per heavy atom. The van der Waals surface area contributed by atoms with E-state index in [9.17, 15) is 9.59 Å². The molecule has 0 saturated carbocycles. The molecule has 1 aliphatic rings. The molecule has 0 unspecified atom stereocenters. The zero-order chi connectivity index (χ0) is 12.5. The summed E-state index contributed by atoms with van der Waals surface area (Å²) < 4.78 is 0. The number of likely N-dealkylation sites (tertiary alicyclic amines) is 1. The first-order valence-corrected chi connectivity index (χ1v) is 5.79. The SMILES string of the molecule is CNC(=O)[C@@H]1CC[C@@H](C(C)(C)C)N1C(C)=O. The smallest absolute Gasteiger partial charge is 0.242 e. The lowest BCUT2D eigenvalue weighted by molar-refractivity contribution is -0.140. The summed E-state index contributed by atoms with van der Waals surface area (Å²) in [6.07, 6.45) is 1.67. The van der Waals surface area contributed by atoms with Crippen LogP contribution in [-0.4, -0.2) is 35.8 Å². The second-order valence-electron chi connectivity index (χ2n) is 5.52. The maximum Gasteiger partial charge on any atom is 0.242 e. The van der Waals surface area contributed by atoms with Crippen LogP contribution >= 0.6 is 0 Å². The lowest BCUT2D eigenvalue weighted by Crippen LogP contribution is -2.50. The predicted molar refractivity (Wildman–Crippen MR) is 62.9 cm³/mol. The normalized spacial score (nSPS) is 25.7. The van der Waals surface area contributed by atoms with Gasteiger partial charge >= 0.3 is 0 Å². The summed E-state index contributed by atoms with van der Waals surface area (Å²) in [5.41, 5.74) is 0.0223. The van der Waals surface area contributed by atoms with Crippen LogP contribution in [0, 0.1) is 5.41 Å². The molecule has 4 heteroatoms. The molecule has 0 aromatic carbocycles. The zero-order valence-corrected chi connectivity index (χ0v) is 10.8. The topological polar surface area (TPSA) is 49.4 Å². The van der Waals surface area contributed by atoms with Crippen molar-refractivity contribution in [3.8, 4) is 0 Å². The van der Waals surface area contributed by atoms with Crippen molar-refractivity contribution in [3.05, 3.63) is 0 Å². The first kappa shape index (κ1) is 13.0. The Morgan fingerprint density at radius 3 is 2.19 bits per heavy atom. The van der Waals surface area contributed by atoms with Gasteiger partial charge in [-0.15, -0.1) is 0 Å². The van der Waals surface area contributed by atoms with E-state index >= 15 is 0 Å². The number of amides is 2. The predicted octanol–water partition coefficient (Wildman–Crippen LogP) is 1.16. The molecule has 1 N–H and O–H groups in total. The number of hydrogen-bond donors (Lipinski definition) is 1. The molecule has 16 heavy (non-hydrogen) atoms. The molecule has 1 saturated heterocycles. The lowest BCUT2D eigenvalue weighted by atomic mass is 9.85. The van der Waals surface area contributed by atoms with Crippen LogP contribution in [0.5, 0.6) is 0 Å². The van der Waals surface area contributed by atoms with E-state index in [2.05, 4.69) is 26.1 Å². The Morgan fingerprint density at radius 1 is 1.25 bits per heavy atom. The van der Waals surface area contributed by atoms with Crippen LogP contribution in [0.4, 0.5) is 0 Å². The van der Waals surface area contributed by atoms with Crippen LogP contribution in [-0.2, 0) is 9.59 Å². The number of carbonyl (C=O) groups excluding carboxylic acids is 2. The molecule has 0 bridgehead atoms. The Kier molecular flexibility index (Phi) is 3.61. The van der Waals surface area contributed by atoms with E-state index in [0.717, 1.165) is 12.8 Å². The molecular formula is C12H22N2O2. The first-order chi connectivity index (χ1) is 7.29. The largest absolute Gasteiger partial charge is 0.357 e. The molecule has 1 rings (SSSR count). The van der Waals surface area contributed by atoms with Gasteiger partial charge in [-0.25, -0.2) is 0 Å². The second kappa shape index (κ2) is 4.44. The molecule has 0 aromatic rings. The summed E-state index contributed by atoms with van der Waals surface area (Å²) in [4.78, 5) is 25.1. The van der Waals surface area contributed by atoms with Gasteiger partial charge < -0.3 is 10.2 Å². The van der Waals surface area contributed by atoms with Crippen molar-refractivity contribution in [3.63, 3.8) is 0 Å². The molecule has 1 aliphatic heterocycles.